The van der Waals surface area contributed by atoms with Gasteiger partial charge in [0.25, 0.3) is 5.69 Å². The van der Waals surface area contributed by atoms with Gasteiger partial charge >= 0.3 is 11.7 Å². The normalized spacial score (nSPS) is 10.8. The molecule has 0 atom stereocenters. The van der Waals surface area contributed by atoms with Crippen molar-refractivity contribution in [1.82, 2.24) is 14.0 Å². The van der Waals surface area contributed by atoms with E-state index in [1.807, 2.05) is 30.3 Å². The lowest BCUT2D eigenvalue weighted by Gasteiger charge is -2.14. The fraction of sp³-hybridized carbons (Fsp3) is 0.222. The largest absolute Gasteiger partial charge is 0.497 e. The van der Waals surface area contributed by atoms with Crippen LogP contribution in [0.1, 0.15) is 16.7 Å². The summed E-state index contributed by atoms with van der Waals surface area (Å²) in [5.74, 6) is 0.311. The van der Waals surface area contributed by atoms with E-state index in [4.69, 9.17) is 15.2 Å². The highest BCUT2D eigenvalue weighted by Crippen LogP contribution is 2.30. The van der Waals surface area contributed by atoms with Crippen LogP contribution in [0, 0.1) is 10.1 Å². The summed E-state index contributed by atoms with van der Waals surface area (Å²) < 4.78 is 13.6. The third-order valence-electron chi connectivity index (χ3n) is 6.42. The topological polar surface area (TPSA) is 152 Å². The molecule has 0 spiro atoms. The number of ether oxygens (including phenoxy) is 2. The summed E-state index contributed by atoms with van der Waals surface area (Å²) in [6.07, 6.45) is -0.516. The van der Waals surface area contributed by atoms with Crippen molar-refractivity contribution in [3.63, 3.8) is 0 Å². The summed E-state index contributed by atoms with van der Waals surface area (Å²) in [7, 11) is 4.22. The van der Waals surface area contributed by atoms with Crippen LogP contribution < -0.4 is 20.9 Å². The summed E-state index contributed by atoms with van der Waals surface area (Å²) in [6.45, 7) is 0.190. The van der Waals surface area contributed by atoms with Gasteiger partial charge < -0.3 is 15.2 Å². The van der Waals surface area contributed by atoms with Crippen molar-refractivity contribution in [1.29, 1.82) is 0 Å². The maximum Gasteiger partial charge on any atom is 0.329 e. The molecule has 0 aliphatic heterocycles. The molecule has 0 bridgehead atoms. The number of amides is 3. The van der Waals surface area contributed by atoms with Gasteiger partial charge in [0, 0.05) is 19.2 Å². The predicted molar refractivity (Wildman–Crippen MR) is 143 cm³/mol. The van der Waals surface area contributed by atoms with E-state index in [-0.39, 0.29) is 29.9 Å². The first-order valence-electron chi connectivity index (χ1n) is 11.9. The summed E-state index contributed by atoms with van der Waals surface area (Å²) in [4.78, 5) is 50.4. The Bertz CT molecular complexity index is 1600. The molecule has 1 aromatic heterocycles. The maximum absolute atomic E-state index is 13.9. The number of likely N-dealkylation sites (N-methyl/N-ethyl adjacent to an activating group) is 1. The van der Waals surface area contributed by atoms with Crippen molar-refractivity contribution < 1.29 is 24.0 Å². The Balaban J connectivity index is 1.98. The highest BCUT2D eigenvalue weighted by atomic mass is 16.6. The second-order valence-corrected chi connectivity index (χ2v) is 8.82. The third kappa shape index (κ3) is 5.44. The molecule has 0 saturated heterocycles. The fourth-order valence-corrected chi connectivity index (χ4v) is 4.42. The average molecular weight is 534 g/mol. The minimum Gasteiger partial charge on any atom is -0.497 e. The number of benzene rings is 3. The van der Waals surface area contributed by atoms with E-state index in [9.17, 15) is 24.5 Å². The van der Waals surface area contributed by atoms with Gasteiger partial charge in [-0.15, -0.1) is 0 Å². The number of carbonyl (C=O) groups excluding carboxylic acids is 2. The maximum atomic E-state index is 13.9. The summed E-state index contributed by atoms with van der Waals surface area (Å²) in [5.41, 5.74) is 6.54. The second-order valence-electron chi connectivity index (χ2n) is 8.82. The van der Waals surface area contributed by atoms with E-state index in [1.165, 1.54) is 42.5 Å². The van der Waals surface area contributed by atoms with Crippen LogP contribution >= 0.6 is 0 Å². The number of aromatic nitrogens is 2. The number of fused-ring (bicyclic) bond motifs is 1. The van der Waals surface area contributed by atoms with Crippen LogP contribution in [-0.2, 0) is 24.3 Å². The molecule has 12 heteroatoms. The first-order valence-corrected chi connectivity index (χ1v) is 11.9. The van der Waals surface area contributed by atoms with Crippen LogP contribution in [0.5, 0.6) is 11.5 Å². The number of methoxy groups -OCH3 is 2. The van der Waals surface area contributed by atoms with Crippen LogP contribution in [0.15, 0.2) is 65.5 Å². The van der Waals surface area contributed by atoms with Crippen molar-refractivity contribution in [2.75, 3.05) is 21.3 Å². The monoisotopic (exact) mass is 533 g/mol. The molecule has 1 heterocycles. The lowest BCUT2D eigenvalue weighted by atomic mass is 10.1. The Hall–Kier alpha value is -5.13. The minimum absolute atomic E-state index is 0.00519. The Labute approximate surface area is 222 Å². The molecule has 0 radical (unpaired) electrons. The van der Waals surface area contributed by atoms with Gasteiger partial charge in [0.1, 0.15) is 11.5 Å². The number of nitrogens with two attached hydrogens (primary N) is 1. The van der Waals surface area contributed by atoms with Gasteiger partial charge in [0.15, 0.2) is 0 Å². The summed E-state index contributed by atoms with van der Waals surface area (Å²) in [6, 6.07) is 16.1. The molecule has 0 aliphatic rings. The van der Waals surface area contributed by atoms with E-state index in [0.717, 1.165) is 5.56 Å². The third-order valence-corrected chi connectivity index (χ3v) is 6.42. The highest BCUT2D eigenvalue weighted by molar-refractivity contribution is 5.97. The zero-order valence-corrected chi connectivity index (χ0v) is 21.6. The Morgan fingerprint density at radius 2 is 1.56 bits per heavy atom. The smallest absolute Gasteiger partial charge is 0.329 e. The van der Waals surface area contributed by atoms with Crippen molar-refractivity contribution in [2.45, 2.75) is 19.5 Å². The molecule has 0 aliphatic carbocycles. The van der Waals surface area contributed by atoms with Gasteiger partial charge in [0.05, 0.1) is 55.3 Å². The van der Waals surface area contributed by atoms with Crippen molar-refractivity contribution in [2.24, 2.45) is 5.73 Å². The summed E-state index contributed by atoms with van der Waals surface area (Å²) in [5, 5.41) is 12.0. The minimum atomic E-state index is -0.999. The number of imide groups is 1. The molecular formula is C27H27N5O7. The van der Waals surface area contributed by atoms with Gasteiger partial charge in [-0.3, -0.25) is 28.9 Å². The molecule has 12 nitrogen and oxygen atoms in total. The molecule has 0 fully saturated rings. The molecule has 4 rings (SSSR count). The average Bonchev–Trinajstić information content (AvgIpc) is 3.18. The second kappa shape index (κ2) is 11.1. The number of urea groups is 1. The van der Waals surface area contributed by atoms with Crippen LogP contribution in [0.3, 0.4) is 0 Å². The molecule has 202 valence electrons. The molecule has 39 heavy (non-hydrogen) atoms. The number of nitro groups is 1. The quantitative estimate of drug-likeness (QED) is 0.256. The van der Waals surface area contributed by atoms with E-state index in [1.54, 1.807) is 18.2 Å². The number of primary amides is 1. The lowest BCUT2D eigenvalue weighted by Crippen LogP contribution is -2.38. The standard InChI is InChI=1S/C27H27N5O7/c1-29(26(28)34)24(33)14-21-22(32(36)37)9-10-23-25(21)31(15-17-7-5-4-6-8-17)27(35)30(23)16-18-11-19(38-2)13-20(12-18)39-3/h4-13H,14-16H2,1-3H3,(H2,28,34). The van der Waals surface area contributed by atoms with Gasteiger partial charge in [0.2, 0.25) is 5.91 Å². The Morgan fingerprint density at radius 1 is 0.949 bits per heavy atom. The van der Waals surface area contributed by atoms with E-state index >= 15 is 0 Å². The highest BCUT2D eigenvalue weighted by Gasteiger charge is 2.28. The van der Waals surface area contributed by atoms with Crippen LogP contribution in [0.2, 0.25) is 0 Å². The number of imidazole rings is 1. The lowest BCUT2D eigenvalue weighted by molar-refractivity contribution is -0.385. The first kappa shape index (κ1) is 26.9. The van der Waals surface area contributed by atoms with Crippen molar-refractivity contribution in [3.8, 4) is 11.5 Å². The number of hydrogen-bond acceptors (Lipinski definition) is 7. The van der Waals surface area contributed by atoms with Gasteiger partial charge in [-0.05, 0) is 29.3 Å². The summed E-state index contributed by atoms with van der Waals surface area (Å²) >= 11 is 0. The van der Waals surface area contributed by atoms with Gasteiger partial charge in [-0.1, -0.05) is 30.3 Å². The van der Waals surface area contributed by atoms with Crippen LogP contribution in [0.25, 0.3) is 11.0 Å². The number of nitrogens with zero attached hydrogens (tertiary/aromatic N) is 4. The number of carbonyl (C=O) groups is 2. The molecule has 3 amide bonds. The van der Waals surface area contributed by atoms with Crippen LogP contribution in [0.4, 0.5) is 10.5 Å². The molecular weight excluding hydrogens is 506 g/mol. The SMILES string of the molecule is COc1cc(Cn2c(=O)n(Cc3ccccc3)c3c(CC(=O)N(C)C(N)=O)c([N+](=O)[O-])ccc32)cc(OC)c1. The van der Waals surface area contributed by atoms with Gasteiger partial charge in [-0.2, -0.15) is 0 Å². The molecule has 0 unspecified atom stereocenters. The van der Waals surface area contributed by atoms with E-state index in [2.05, 4.69) is 0 Å². The molecule has 4 aromatic rings. The van der Waals surface area contributed by atoms with Crippen molar-refractivity contribution >= 4 is 28.7 Å². The van der Waals surface area contributed by atoms with Gasteiger partial charge in [-0.25, -0.2) is 9.59 Å². The zero-order valence-electron chi connectivity index (χ0n) is 21.6. The Morgan fingerprint density at radius 3 is 2.13 bits per heavy atom. The molecule has 3 aromatic carbocycles. The molecule has 2 N–H and O–H groups in total. The molecule has 0 saturated carbocycles. The number of nitro benzene ring substituents is 1. The number of hydrogen-bond donors (Lipinski definition) is 1. The van der Waals surface area contributed by atoms with Crippen LogP contribution in [-0.4, -0.2) is 52.2 Å². The number of rotatable bonds is 9. The Kier molecular flexibility index (Phi) is 7.65. The van der Waals surface area contributed by atoms with Crippen molar-refractivity contribution in [3.05, 3.63) is 98.0 Å². The van der Waals surface area contributed by atoms with E-state index in [0.29, 0.717) is 27.5 Å². The zero-order chi connectivity index (χ0) is 28.3. The predicted octanol–water partition coefficient (Wildman–Crippen LogP) is 2.90. The first-order chi connectivity index (χ1) is 18.6. The fourth-order valence-electron chi connectivity index (χ4n) is 4.42. The van der Waals surface area contributed by atoms with E-state index < -0.39 is 29.0 Å².